The highest BCUT2D eigenvalue weighted by molar-refractivity contribution is 6.61. The van der Waals surface area contributed by atoms with Crippen LogP contribution in [0.2, 0.25) is 0 Å². The van der Waals surface area contributed by atoms with E-state index >= 15 is 0 Å². The van der Waals surface area contributed by atoms with Crippen LogP contribution >= 0.6 is 0 Å². The summed E-state index contributed by atoms with van der Waals surface area (Å²) in [6.45, 7) is 8.90. The molecule has 0 unspecified atom stereocenters. The third-order valence-corrected chi connectivity index (χ3v) is 4.76. The Morgan fingerprint density at radius 3 is 2.25 bits per heavy atom. The van der Waals surface area contributed by atoms with Gasteiger partial charge < -0.3 is 14.2 Å². The number of aromatic nitrogens is 2. The van der Waals surface area contributed by atoms with Crippen molar-refractivity contribution in [2.75, 3.05) is 11.9 Å². The van der Waals surface area contributed by atoms with Gasteiger partial charge in [0.25, 0.3) is 0 Å². The van der Waals surface area contributed by atoms with E-state index in [9.17, 15) is 0 Å². The molecular formula is C18H24BN3O2. The van der Waals surface area contributed by atoms with Gasteiger partial charge >= 0.3 is 7.12 Å². The molecule has 0 amide bonds. The molecule has 126 valence electrons. The maximum Gasteiger partial charge on any atom is 0.514 e. The Morgan fingerprint density at radius 2 is 1.62 bits per heavy atom. The first-order chi connectivity index (χ1) is 11.3. The molecule has 0 aliphatic carbocycles. The normalized spacial score (nSPS) is 18.6. The first-order valence-electron chi connectivity index (χ1n) is 8.22. The molecule has 0 saturated carbocycles. The Labute approximate surface area is 144 Å². The summed E-state index contributed by atoms with van der Waals surface area (Å²) in [5.74, 6) is 0.658. The van der Waals surface area contributed by atoms with Crippen molar-refractivity contribution in [1.82, 2.24) is 9.97 Å². The molecule has 1 aromatic carbocycles. The molecule has 5 nitrogen and oxygen atoms in total. The fraction of sp³-hybridized carbons (Fsp3) is 0.444. The van der Waals surface area contributed by atoms with Crippen molar-refractivity contribution < 1.29 is 9.31 Å². The Morgan fingerprint density at radius 1 is 1.00 bits per heavy atom. The zero-order valence-corrected chi connectivity index (χ0v) is 15.0. The lowest BCUT2D eigenvalue weighted by atomic mass is 9.84. The summed E-state index contributed by atoms with van der Waals surface area (Å²) < 4.78 is 12.1. The van der Waals surface area contributed by atoms with Crippen LogP contribution in [0.25, 0.3) is 0 Å². The minimum absolute atomic E-state index is 0.376. The number of hydrogen-bond acceptors (Lipinski definition) is 5. The number of benzene rings is 1. The highest BCUT2D eigenvalue weighted by atomic mass is 16.7. The van der Waals surface area contributed by atoms with Crippen LogP contribution < -0.4 is 10.5 Å². The smallest absolute Gasteiger partial charge is 0.398 e. The molecule has 0 bridgehead atoms. The first kappa shape index (κ1) is 16.9. The maximum absolute atomic E-state index is 6.07. The standard InChI is InChI=1S/C18H24BN3O2/c1-17(2)18(3,4)24-19(23-17)15-11-12-20-16(21-15)22(5)13-14-9-7-6-8-10-14/h6-12H,13H2,1-5H3. The molecule has 2 aromatic rings. The van der Waals surface area contributed by atoms with Gasteiger partial charge in [-0.15, -0.1) is 0 Å². The summed E-state index contributed by atoms with van der Waals surface area (Å²) in [6.07, 6.45) is 1.75. The second-order valence-corrected chi connectivity index (χ2v) is 7.21. The van der Waals surface area contributed by atoms with E-state index in [0.717, 1.165) is 12.1 Å². The summed E-state index contributed by atoms with van der Waals surface area (Å²) in [5.41, 5.74) is 1.21. The average Bonchev–Trinajstić information content (AvgIpc) is 2.76. The average molecular weight is 325 g/mol. The van der Waals surface area contributed by atoms with Crippen LogP contribution in [-0.4, -0.2) is 35.3 Å². The number of rotatable bonds is 4. The van der Waals surface area contributed by atoms with E-state index in [2.05, 4.69) is 22.1 Å². The number of hydrogen-bond donors (Lipinski definition) is 0. The van der Waals surface area contributed by atoms with Gasteiger partial charge in [0, 0.05) is 19.8 Å². The maximum atomic E-state index is 6.07. The lowest BCUT2D eigenvalue weighted by molar-refractivity contribution is 0.00578. The Bertz CT molecular complexity index is 690. The summed E-state index contributed by atoms with van der Waals surface area (Å²) in [6, 6.07) is 12.1. The van der Waals surface area contributed by atoms with Crippen LogP contribution in [0.4, 0.5) is 5.95 Å². The van der Waals surface area contributed by atoms with Crippen molar-refractivity contribution in [3.05, 3.63) is 48.2 Å². The van der Waals surface area contributed by atoms with Crippen molar-refractivity contribution in [3.63, 3.8) is 0 Å². The van der Waals surface area contributed by atoms with Crippen molar-refractivity contribution in [3.8, 4) is 0 Å². The van der Waals surface area contributed by atoms with Gasteiger partial charge in [-0.3, -0.25) is 0 Å². The molecule has 3 rings (SSSR count). The van der Waals surface area contributed by atoms with Crippen molar-refractivity contribution in [2.45, 2.75) is 45.4 Å². The van der Waals surface area contributed by atoms with Gasteiger partial charge in [0.1, 0.15) is 0 Å². The molecule has 2 heterocycles. The van der Waals surface area contributed by atoms with Crippen molar-refractivity contribution >= 4 is 18.7 Å². The molecule has 1 aromatic heterocycles. The molecule has 0 spiro atoms. The van der Waals surface area contributed by atoms with Crippen LogP contribution in [0.3, 0.4) is 0 Å². The third kappa shape index (κ3) is 3.30. The summed E-state index contributed by atoms with van der Waals surface area (Å²) in [4.78, 5) is 11.0. The molecule has 0 atom stereocenters. The fourth-order valence-corrected chi connectivity index (χ4v) is 2.57. The van der Waals surface area contributed by atoms with E-state index in [4.69, 9.17) is 9.31 Å². The Balaban J connectivity index is 1.78. The zero-order valence-electron chi connectivity index (χ0n) is 15.0. The molecule has 0 radical (unpaired) electrons. The predicted octanol–water partition coefficient (Wildman–Crippen LogP) is 2.41. The minimum Gasteiger partial charge on any atom is -0.398 e. The second kappa shape index (κ2) is 6.18. The van der Waals surface area contributed by atoms with Gasteiger partial charge in [0.2, 0.25) is 5.95 Å². The Hall–Kier alpha value is -1.92. The van der Waals surface area contributed by atoms with Gasteiger partial charge in [0.15, 0.2) is 0 Å². The molecular weight excluding hydrogens is 301 g/mol. The van der Waals surface area contributed by atoms with Crippen molar-refractivity contribution in [2.24, 2.45) is 0 Å². The van der Waals surface area contributed by atoms with Gasteiger partial charge in [0.05, 0.1) is 16.8 Å². The highest BCUT2D eigenvalue weighted by Crippen LogP contribution is 2.36. The topological polar surface area (TPSA) is 47.5 Å². The van der Waals surface area contributed by atoms with Gasteiger partial charge in [-0.05, 0) is 39.3 Å². The lowest BCUT2D eigenvalue weighted by Crippen LogP contribution is -2.41. The predicted molar refractivity (Wildman–Crippen MR) is 96.3 cm³/mol. The van der Waals surface area contributed by atoms with Crippen LogP contribution in [0.5, 0.6) is 0 Å². The molecule has 0 N–H and O–H groups in total. The van der Waals surface area contributed by atoms with E-state index in [1.807, 2.05) is 63.9 Å². The third-order valence-electron chi connectivity index (χ3n) is 4.76. The molecule has 1 aliphatic heterocycles. The molecule has 1 saturated heterocycles. The van der Waals surface area contributed by atoms with Gasteiger partial charge in [-0.1, -0.05) is 30.3 Å². The SMILES string of the molecule is CN(Cc1ccccc1)c1nccc(B2OC(C)(C)C(C)(C)O2)n1. The number of nitrogens with zero attached hydrogens (tertiary/aromatic N) is 3. The second-order valence-electron chi connectivity index (χ2n) is 7.21. The molecule has 24 heavy (non-hydrogen) atoms. The quantitative estimate of drug-likeness (QED) is 0.808. The van der Waals surface area contributed by atoms with Crippen LogP contribution in [0.1, 0.15) is 33.3 Å². The highest BCUT2D eigenvalue weighted by Gasteiger charge is 2.52. The zero-order chi connectivity index (χ0) is 17.4. The first-order valence-corrected chi connectivity index (χ1v) is 8.22. The Kier molecular flexibility index (Phi) is 4.36. The van der Waals surface area contributed by atoms with Gasteiger partial charge in [-0.25, -0.2) is 9.97 Å². The summed E-state index contributed by atoms with van der Waals surface area (Å²) in [5, 5.41) is 0. The largest absolute Gasteiger partial charge is 0.514 e. The van der Waals surface area contributed by atoms with E-state index < -0.39 is 7.12 Å². The summed E-state index contributed by atoms with van der Waals surface area (Å²) in [7, 11) is 1.51. The monoisotopic (exact) mass is 325 g/mol. The van der Waals surface area contributed by atoms with Crippen molar-refractivity contribution in [1.29, 1.82) is 0 Å². The molecule has 1 fully saturated rings. The van der Waals surface area contributed by atoms with E-state index in [0.29, 0.717) is 5.95 Å². The molecule has 6 heteroatoms. The fourth-order valence-electron chi connectivity index (χ4n) is 2.57. The van der Waals surface area contributed by atoms with Gasteiger partial charge in [-0.2, -0.15) is 0 Å². The van der Waals surface area contributed by atoms with E-state index in [1.165, 1.54) is 5.56 Å². The number of anilines is 1. The lowest BCUT2D eigenvalue weighted by Gasteiger charge is -2.32. The van der Waals surface area contributed by atoms with Crippen LogP contribution in [-0.2, 0) is 15.9 Å². The van der Waals surface area contributed by atoms with E-state index in [-0.39, 0.29) is 11.2 Å². The summed E-state index contributed by atoms with van der Waals surface area (Å²) >= 11 is 0. The minimum atomic E-state index is -0.470. The van der Waals surface area contributed by atoms with E-state index in [1.54, 1.807) is 6.20 Å². The van der Waals surface area contributed by atoms with Crippen LogP contribution in [0.15, 0.2) is 42.6 Å². The van der Waals surface area contributed by atoms with Crippen LogP contribution in [0, 0.1) is 0 Å². The molecule has 1 aliphatic rings.